The normalized spacial score (nSPS) is 11.4. The molecule has 0 aliphatic heterocycles. The van der Waals surface area contributed by atoms with Crippen molar-refractivity contribution >= 4 is 28.6 Å². The maximum Gasteiger partial charge on any atom is 0.346 e. The summed E-state index contributed by atoms with van der Waals surface area (Å²) in [6.45, 7) is 3.58. The molecule has 0 fully saturated rings. The van der Waals surface area contributed by atoms with E-state index in [-0.39, 0.29) is 5.56 Å². The van der Waals surface area contributed by atoms with Crippen LogP contribution in [0.25, 0.3) is 10.8 Å². The first kappa shape index (κ1) is 20.2. The Bertz CT molecular complexity index is 858. The lowest BCUT2D eigenvalue weighted by atomic mass is 9.87. The van der Waals surface area contributed by atoms with Crippen molar-refractivity contribution in [3.05, 3.63) is 42.0 Å². The number of methoxy groups -OCH3 is 1. The number of carboxylic acid groups (broad SMARTS) is 2. The summed E-state index contributed by atoms with van der Waals surface area (Å²) in [6, 6.07) is 9.62. The molecule has 0 atom stereocenters. The number of rotatable bonds is 8. The zero-order chi connectivity index (χ0) is 20.2. The van der Waals surface area contributed by atoms with Gasteiger partial charge in [-0.25, -0.2) is 9.59 Å². The fourth-order valence-corrected chi connectivity index (χ4v) is 3.05. The molecule has 0 bridgehead atoms. The molecule has 3 N–H and O–H groups in total. The summed E-state index contributed by atoms with van der Waals surface area (Å²) >= 11 is 0. The molecular formula is C20H23NO6. The van der Waals surface area contributed by atoms with E-state index < -0.39 is 29.3 Å². The van der Waals surface area contributed by atoms with E-state index in [1.54, 1.807) is 38.1 Å². The van der Waals surface area contributed by atoms with Crippen molar-refractivity contribution < 1.29 is 29.3 Å². The van der Waals surface area contributed by atoms with Gasteiger partial charge in [-0.05, 0) is 41.8 Å². The Labute approximate surface area is 156 Å². The number of carboxylic acids is 2. The van der Waals surface area contributed by atoms with Crippen LogP contribution in [0.5, 0.6) is 5.75 Å². The zero-order valence-electron chi connectivity index (χ0n) is 15.5. The molecule has 0 saturated carbocycles. The lowest BCUT2D eigenvalue weighted by molar-refractivity contribution is -0.162. The highest BCUT2D eigenvalue weighted by Crippen LogP contribution is 2.29. The number of carbonyl (C=O) groups excluding carboxylic acids is 1. The molecule has 0 saturated heterocycles. The maximum atomic E-state index is 12.5. The quantitative estimate of drug-likeness (QED) is 0.613. The summed E-state index contributed by atoms with van der Waals surface area (Å²) in [6.07, 6.45) is 0.963. The smallest absolute Gasteiger partial charge is 0.346 e. The highest BCUT2D eigenvalue weighted by Gasteiger charge is 2.50. The summed E-state index contributed by atoms with van der Waals surface area (Å²) in [4.78, 5) is 36.5. The fraction of sp³-hybridized carbons (Fsp3) is 0.350. The van der Waals surface area contributed by atoms with Crippen molar-refractivity contribution in [2.45, 2.75) is 32.2 Å². The molecular weight excluding hydrogens is 350 g/mol. The number of nitrogens with one attached hydrogen (secondary N) is 1. The van der Waals surface area contributed by atoms with Crippen LogP contribution in [0.15, 0.2) is 36.4 Å². The van der Waals surface area contributed by atoms with E-state index in [2.05, 4.69) is 5.32 Å². The fourth-order valence-electron chi connectivity index (χ4n) is 3.05. The van der Waals surface area contributed by atoms with Crippen molar-refractivity contribution in [2.24, 2.45) is 5.92 Å². The predicted octanol–water partition coefficient (Wildman–Crippen LogP) is 2.77. The van der Waals surface area contributed by atoms with E-state index in [1.165, 1.54) is 19.2 Å². The number of ether oxygens (including phenoxy) is 1. The van der Waals surface area contributed by atoms with Crippen molar-refractivity contribution in [1.82, 2.24) is 5.32 Å². The number of hydrogen-bond acceptors (Lipinski definition) is 4. The van der Waals surface area contributed by atoms with Crippen LogP contribution in [0.3, 0.4) is 0 Å². The number of benzene rings is 2. The molecule has 2 rings (SSSR count). The van der Waals surface area contributed by atoms with Crippen LogP contribution in [-0.2, 0) is 19.9 Å². The monoisotopic (exact) mass is 373 g/mol. The van der Waals surface area contributed by atoms with E-state index in [0.717, 1.165) is 5.39 Å². The minimum absolute atomic E-state index is 0.0283. The molecule has 0 unspecified atom stereocenters. The second-order valence-corrected chi connectivity index (χ2v) is 6.29. The van der Waals surface area contributed by atoms with Crippen molar-refractivity contribution in [2.75, 3.05) is 7.11 Å². The third kappa shape index (κ3) is 3.72. The van der Waals surface area contributed by atoms with Gasteiger partial charge in [0.15, 0.2) is 0 Å². The molecule has 2 aromatic rings. The van der Waals surface area contributed by atoms with Gasteiger partial charge in [0.1, 0.15) is 5.75 Å². The molecule has 1 amide bonds. The van der Waals surface area contributed by atoms with Gasteiger partial charge in [-0.2, -0.15) is 0 Å². The average Bonchev–Trinajstić information content (AvgIpc) is 2.65. The third-order valence-corrected chi connectivity index (χ3v) is 4.79. The summed E-state index contributed by atoms with van der Waals surface area (Å²) in [5, 5.41) is 23.2. The van der Waals surface area contributed by atoms with Gasteiger partial charge in [-0.3, -0.25) is 4.79 Å². The van der Waals surface area contributed by atoms with Crippen LogP contribution in [-0.4, -0.2) is 35.2 Å². The summed E-state index contributed by atoms with van der Waals surface area (Å²) in [7, 11) is 1.53. The first-order chi connectivity index (χ1) is 12.8. The van der Waals surface area contributed by atoms with Crippen molar-refractivity contribution in [1.29, 1.82) is 0 Å². The standard InChI is InChI=1S/C20H23NO6/c1-4-12(5-2)17(22)21-20(18(23)24,19(25)26)15-8-6-14-11-16(27-3)9-7-13(14)10-15/h6-12H,4-5H2,1-3H3,(H,21,22)(H,23,24)(H,25,26). The third-order valence-electron chi connectivity index (χ3n) is 4.79. The Morgan fingerprint density at radius 1 is 1.00 bits per heavy atom. The van der Waals surface area contributed by atoms with E-state index >= 15 is 0 Å². The molecule has 0 radical (unpaired) electrons. The van der Waals surface area contributed by atoms with Gasteiger partial charge in [0.2, 0.25) is 5.91 Å². The number of carbonyl (C=O) groups is 3. The van der Waals surface area contributed by atoms with Gasteiger partial charge >= 0.3 is 11.9 Å². The van der Waals surface area contributed by atoms with Crippen LogP contribution >= 0.6 is 0 Å². The van der Waals surface area contributed by atoms with Gasteiger partial charge in [0.25, 0.3) is 5.54 Å². The SMILES string of the molecule is CCC(CC)C(=O)NC(C(=O)O)(C(=O)O)c1ccc2cc(OC)ccc2c1. The number of aliphatic carboxylic acids is 2. The van der Waals surface area contributed by atoms with Crippen LogP contribution in [0, 0.1) is 5.92 Å². The molecule has 0 aliphatic rings. The lowest BCUT2D eigenvalue weighted by Gasteiger charge is -2.28. The summed E-state index contributed by atoms with van der Waals surface area (Å²) < 4.78 is 5.15. The van der Waals surface area contributed by atoms with Crippen LogP contribution in [0.2, 0.25) is 0 Å². The topological polar surface area (TPSA) is 113 Å². The zero-order valence-corrected chi connectivity index (χ0v) is 15.5. The summed E-state index contributed by atoms with van der Waals surface area (Å²) in [5.41, 5.74) is -2.59. The lowest BCUT2D eigenvalue weighted by Crippen LogP contribution is -2.58. The average molecular weight is 373 g/mol. The molecule has 0 aliphatic carbocycles. The molecule has 2 aromatic carbocycles. The predicted molar refractivity (Wildman–Crippen MR) is 99.7 cm³/mol. The van der Waals surface area contributed by atoms with Gasteiger partial charge in [-0.1, -0.05) is 32.0 Å². The van der Waals surface area contributed by atoms with E-state index in [1.807, 2.05) is 0 Å². The van der Waals surface area contributed by atoms with E-state index in [0.29, 0.717) is 24.0 Å². The first-order valence-electron chi connectivity index (χ1n) is 8.67. The first-order valence-corrected chi connectivity index (χ1v) is 8.67. The minimum atomic E-state index is -2.56. The van der Waals surface area contributed by atoms with Crippen LogP contribution < -0.4 is 10.1 Å². The van der Waals surface area contributed by atoms with Crippen LogP contribution in [0.4, 0.5) is 0 Å². The Morgan fingerprint density at radius 3 is 2.07 bits per heavy atom. The Balaban J connectivity index is 2.60. The van der Waals surface area contributed by atoms with Crippen LogP contribution in [0.1, 0.15) is 32.3 Å². The van der Waals surface area contributed by atoms with E-state index in [9.17, 15) is 24.6 Å². The number of fused-ring (bicyclic) bond motifs is 1. The molecule has 144 valence electrons. The number of hydrogen-bond donors (Lipinski definition) is 3. The van der Waals surface area contributed by atoms with Gasteiger partial charge in [0, 0.05) is 11.5 Å². The molecule has 7 nitrogen and oxygen atoms in total. The second-order valence-electron chi connectivity index (χ2n) is 6.29. The van der Waals surface area contributed by atoms with Gasteiger partial charge in [0.05, 0.1) is 7.11 Å². The second kappa shape index (κ2) is 8.07. The number of amides is 1. The molecule has 7 heteroatoms. The highest BCUT2D eigenvalue weighted by molar-refractivity contribution is 6.08. The minimum Gasteiger partial charge on any atom is -0.497 e. The Hall–Kier alpha value is -3.09. The van der Waals surface area contributed by atoms with Crippen molar-refractivity contribution in [3.63, 3.8) is 0 Å². The van der Waals surface area contributed by atoms with E-state index in [4.69, 9.17) is 4.74 Å². The largest absolute Gasteiger partial charge is 0.497 e. The Kier molecular flexibility index (Phi) is 6.05. The van der Waals surface area contributed by atoms with Crippen molar-refractivity contribution in [3.8, 4) is 5.75 Å². The molecule has 0 spiro atoms. The molecule has 0 heterocycles. The Morgan fingerprint density at radius 2 is 1.56 bits per heavy atom. The summed E-state index contributed by atoms with van der Waals surface area (Å²) in [5.74, 6) is -3.74. The maximum absolute atomic E-state index is 12.5. The molecule has 0 aromatic heterocycles. The van der Waals surface area contributed by atoms with Gasteiger partial charge < -0.3 is 20.3 Å². The highest BCUT2D eigenvalue weighted by atomic mass is 16.5. The molecule has 27 heavy (non-hydrogen) atoms. The van der Waals surface area contributed by atoms with Gasteiger partial charge in [-0.15, -0.1) is 0 Å².